The molecule has 3 aromatic rings. The highest BCUT2D eigenvalue weighted by atomic mass is 35.5. The van der Waals surface area contributed by atoms with E-state index >= 15 is 0 Å². The first-order valence-electron chi connectivity index (χ1n) is 9.05. The summed E-state index contributed by atoms with van der Waals surface area (Å²) in [6, 6.07) is 7.29. The van der Waals surface area contributed by atoms with Crippen molar-refractivity contribution in [3.05, 3.63) is 56.7 Å². The number of H-pyrrole nitrogens is 1. The van der Waals surface area contributed by atoms with E-state index in [1.54, 1.807) is 19.1 Å². The van der Waals surface area contributed by atoms with Crippen LogP contribution in [0.2, 0.25) is 5.02 Å². The molecular formula is C21H20ClN3O4S. The largest absolute Gasteiger partial charge is 0.465 e. The molecule has 7 nitrogen and oxygen atoms in total. The smallest absolute Gasteiger partial charge is 0.339 e. The van der Waals surface area contributed by atoms with Crippen molar-refractivity contribution in [1.82, 2.24) is 9.97 Å². The zero-order chi connectivity index (χ0) is 22.0. The number of carbonyl (C=O) groups excluding carboxylic acids is 3. The molecule has 1 amide bonds. The SMILES string of the molecule is COC(=O)c1c(CC(=O)Nc2nc(-c3ccc(Cl)cc3)c(C)s2)[nH]c(C(C)=O)c1C. The monoisotopic (exact) mass is 445 g/mol. The summed E-state index contributed by atoms with van der Waals surface area (Å²) in [6.07, 6.45) is -0.131. The Labute approximate surface area is 182 Å². The highest BCUT2D eigenvalue weighted by Crippen LogP contribution is 2.31. The molecule has 0 unspecified atom stereocenters. The van der Waals surface area contributed by atoms with Gasteiger partial charge in [0.05, 0.1) is 30.5 Å². The number of nitrogens with one attached hydrogen (secondary N) is 2. The number of esters is 1. The number of rotatable bonds is 6. The standard InChI is InChI=1S/C21H20ClN3O4S/c1-10-17(20(28)29-4)15(23-18(10)11(2)26)9-16(27)24-21-25-19(12(3)30-21)13-5-7-14(22)8-6-13/h5-8,23H,9H2,1-4H3,(H,24,25,27). The second-order valence-electron chi connectivity index (χ2n) is 6.68. The van der Waals surface area contributed by atoms with Gasteiger partial charge in [-0.1, -0.05) is 23.7 Å². The number of hydrogen-bond acceptors (Lipinski definition) is 6. The van der Waals surface area contributed by atoms with Crippen LogP contribution < -0.4 is 5.32 Å². The van der Waals surface area contributed by atoms with Crippen LogP contribution in [-0.2, 0) is 16.0 Å². The first-order chi connectivity index (χ1) is 14.2. The maximum Gasteiger partial charge on any atom is 0.339 e. The van der Waals surface area contributed by atoms with Gasteiger partial charge in [0.1, 0.15) is 0 Å². The van der Waals surface area contributed by atoms with Crippen molar-refractivity contribution in [3.8, 4) is 11.3 Å². The summed E-state index contributed by atoms with van der Waals surface area (Å²) in [4.78, 5) is 44.9. The van der Waals surface area contributed by atoms with Crippen LogP contribution in [0.1, 0.15) is 43.9 Å². The summed E-state index contributed by atoms with van der Waals surface area (Å²) >= 11 is 7.28. The molecule has 0 bridgehead atoms. The predicted molar refractivity (Wildman–Crippen MR) is 117 cm³/mol. The number of ether oxygens (including phenoxy) is 1. The van der Waals surface area contributed by atoms with E-state index in [0.29, 0.717) is 21.4 Å². The van der Waals surface area contributed by atoms with Gasteiger partial charge >= 0.3 is 5.97 Å². The third-order valence-electron chi connectivity index (χ3n) is 4.57. The van der Waals surface area contributed by atoms with Crippen molar-refractivity contribution in [1.29, 1.82) is 0 Å². The maximum absolute atomic E-state index is 12.6. The molecule has 30 heavy (non-hydrogen) atoms. The molecule has 0 saturated carbocycles. The van der Waals surface area contributed by atoms with Gasteiger partial charge in [0.15, 0.2) is 10.9 Å². The lowest BCUT2D eigenvalue weighted by atomic mass is 10.1. The Morgan fingerprint density at radius 2 is 1.87 bits per heavy atom. The minimum absolute atomic E-state index is 0.131. The average molecular weight is 446 g/mol. The Hall–Kier alpha value is -2.97. The molecule has 156 valence electrons. The van der Waals surface area contributed by atoms with Gasteiger partial charge in [-0.25, -0.2) is 9.78 Å². The van der Waals surface area contributed by atoms with E-state index in [2.05, 4.69) is 15.3 Å². The molecule has 0 radical (unpaired) electrons. The molecule has 2 N–H and O–H groups in total. The fraction of sp³-hybridized carbons (Fsp3) is 0.238. The van der Waals surface area contributed by atoms with Gasteiger partial charge in [-0.05, 0) is 31.5 Å². The summed E-state index contributed by atoms with van der Waals surface area (Å²) < 4.78 is 4.81. The number of aryl methyl sites for hydroxylation is 1. The van der Waals surface area contributed by atoms with E-state index in [4.69, 9.17) is 16.3 Å². The lowest BCUT2D eigenvalue weighted by molar-refractivity contribution is -0.115. The normalized spacial score (nSPS) is 10.7. The molecule has 0 saturated heterocycles. The second-order valence-corrected chi connectivity index (χ2v) is 8.32. The van der Waals surface area contributed by atoms with E-state index in [1.165, 1.54) is 25.4 Å². The number of ketones is 1. The molecule has 0 spiro atoms. The van der Waals surface area contributed by atoms with Gasteiger partial charge in [-0.3, -0.25) is 9.59 Å². The number of nitrogens with zero attached hydrogens (tertiary/aromatic N) is 1. The van der Waals surface area contributed by atoms with Crippen LogP contribution in [0, 0.1) is 13.8 Å². The number of hydrogen-bond donors (Lipinski definition) is 2. The number of aromatic nitrogens is 2. The molecule has 0 fully saturated rings. The van der Waals surface area contributed by atoms with E-state index < -0.39 is 5.97 Å². The predicted octanol–water partition coefficient (Wildman–Crippen LogP) is 4.58. The average Bonchev–Trinajstić information content (AvgIpc) is 3.21. The van der Waals surface area contributed by atoms with E-state index in [1.807, 2.05) is 19.1 Å². The number of amides is 1. The molecule has 2 aromatic heterocycles. The zero-order valence-corrected chi connectivity index (χ0v) is 18.5. The molecule has 0 aliphatic carbocycles. The van der Waals surface area contributed by atoms with Gasteiger partial charge in [-0.15, -0.1) is 11.3 Å². The number of methoxy groups -OCH3 is 1. The Morgan fingerprint density at radius 3 is 2.47 bits per heavy atom. The number of Topliss-reactive ketones (excluding diaryl/α,β-unsaturated/α-hetero) is 1. The van der Waals surface area contributed by atoms with E-state index in [-0.39, 0.29) is 29.4 Å². The van der Waals surface area contributed by atoms with Crippen molar-refractivity contribution in [3.63, 3.8) is 0 Å². The van der Waals surface area contributed by atoms with Crippen molar-refractivity contribution in [2.75, 3.05) is 12.4 Å². The Bertz CT molecular complexity index is 1130. The fourth-order valence-corrected chi connectivity index (χ4v) is 4.15. The topological polar surface area (TPSA) is 101 Å². The molecule has 0 aliphatic rings. The number of carbonyl (C=O) groups is 3. The number of anilines is 1. The van der Waals surface area contributed by atoms with Crippen LogP contribution in [0.4, 0.5) is 5.13 Å². The van der Waals surface area contributed by atoms with Crippen molar-refractivity contribution in [2.24, 2.45) is 0 Å². The number of benzene rings is 1. The van der Waals surface area contributed by atoms with Crippen molar-refractivity contribution < 1.29 is 19.1 Å². The van der Waals surface area contributed by atoms with Crippen LogP contribution in [0.3, 0.4) is 0 Å². The highest BCUT2D eigenvalue weighted by Gasteiger charge is 2.24. The lowest BCUT2D eigenvalue weighted by Crippen LogP contribution is -2.17. The first kappa shape index (κ1) is 21.7. The fourth-order valence-electron chi connectivity index (χ4n) is 3.17. The van der Waals surface area contributed by atoms with Gasteiger partial charge in [0.25, 0.3) is 0 Å². The molecule has 1 aromatic carbocycles. The third-order valence-corrected chi connectivity index (χ3v) is 5.71. The molecular weight excluding hydrogens is 426 g/mol. The summed E-state index contributed by atoms with van der Waals surface area (Å²) in [6.45, 7) is 4.95. The number of halogens is 1. The Balaban J connectivity index is 1.82. The molecule has 3 rings (SSSR count). The Kier molecular flexibility index (Phi) is 6.38. The summed E-state index contributed by atoms with van der Waals surface area (Å²) in [5.74, 6) is -1.20. The van der Waals surface area contributed by atoms with Gasteiger partial charge < -0.3 is 15.0 Å². The van der Waals surface area contributed by atoms with Crippen LogP contribution in [0.25, 0.3) is 11.3 Å². The van der Waals surface area contributed by atoms with Crippen LogP contribution in [0.5, 0.6) is 0 Å². The molecule has 0 atom stereocenters. The quantitative estimate of drug-likeness (QED) is 0.427. The minimum Gasteiger partial charge on any atom is -0.465 e. The Morgan fingerprint density at radius 1 is 1.20 bits per heavy atom. The van der Waals surface area contributed by atoms with Gasteiger partial charge in [0.2, 0.25) is 5.91 Å². The van der Waals surface area contributed by atoms with E-state index in [9.17, 15) is 14.4 Å². The van der Waals surface area contributed by atoms with Crippen LogP contribution >= 0.6 is 22.9 Å². The molecule has 9 heteroatoms. The van der Waals surface area contributed by atoms with Crippen LogP contribution in [0.15, 0.2) is 24.3 Å². The highest BCUT2D eigenvalue weighted by molar-refractivity contribution is 7.16. The summed E-state index contributed by atoms with van der Waals surface area (Å²) in [5.41, 5.74) is 2.94. The molecule has 2 heterocycles. The van der Waals surface area contributed by atoms with Crippen molar-refractivity contribution in [2.45, 2.75) is 27.2 Å². The number of thiazole rings is 1. The second kappa shape index (κ2) is 8.81. The number of aromatic amines is 1. The first-order valence-corrected chi connectivity index (χ1v) is 10.2. The third kappa shape index (κ3) is 4.44. The van der Waals surface area contributed by atoms with Crippen LogP contribution in [-0.4, -0.2) is 34.7 Å². The summed E-state index contributed by atoms with van der Waals surface area (Å²) in [7, 11) is 1.25. The molecule has 0 aliphatic heterocycles. The van der Waals surface area contributed by atoms with Gasteiger partial charge in [-0.2, -0.15) is 0 Å². The van der Waals surface area contributed by atoms with Crippen molar-refractivity contribution >= 4 is 45.7 Å². The maximum atomic E-state index is 12.6. The minimum atomic E-state index is -0.603. The van der Waals surface area contributed by atoms with Gasteiger partial charge in [0, 0.05) is 28.1 Å². The summed E-state index contributed by atoms with van der Waals surface area (Å²) in [5, 5.41) is 3.83. The van der Waals surface area contributed by atoms with E-state index in [0.717, 1.165) is 16.1 Å². The lowest BCUT2D eigenvalue weighted by Gasteiger charge is -2.04. The zero-order valence-electron chi connectivity index (χ0n) is 16.9.